The van der Waals surface area contributed by atoms with E-state index in [0.29, 0.717) is 16.4 Å². The number of thiazole rings is 1. The number of anilines is 1. The van der Waals surface area contributed by atoms with Crippen LogP contribution in [-0.2, 0) is 30.3 Å². The lowest BCUT2D eigenvalue weighted by Crippen LogP contribution is -2.64. The summed E-state index contributed by atoms with van der Waals surface area (Å²) in [5, 5.41) is 5.78. The summed E-state index contributed by atoms with van der Waals surface area (Å²) in [6.45, 7) is -0.237. The number of nitrogens with one attached hydrogen (secondary N) is 1. The molecule has 278 valence electrons. The predicted octanol–water partition coefficient (Wildman–Crippen LogP) is 8.60. The lowest BCUT2D eigenvalue weighted by atomic mass is 9.96. The number of aromatic nitrogens is 1. The van der Waals surface area contributed by atoms with Gasteiger partial charge in [-0.25, -0.2) is 19.4 Å². The van der Waals surface area contributed by atoms with Crippen LogP contribution in [0.4, 0.5) is 5.13 Å². The molecule has 0 saturated carbocycles. The molecule has 1 aliphatic heterocycles. The van der Waals surface area contributed by atoms with Gasteiger partial charge < -0.3 is 29.0 Å². The van der Waals surface area contributed by atoms with E-state index in [1.165, 1.54) is 11.3 Å². The number of ether oxygens (including phenoxy) is 5. The van der Waals surface area contributed by atoms with Gasteiger partial charge in [-0.05, 0) is 54.1 Å². The second-order valence-corrected chi connectivity index (χ2v) is 14.3. The number of carbonyl (C=O) groups excluding carboxylic acids is 3. The Hall–Kier alpha value is -5.66. The van der Waals surface area contributed by atoms with Crippen molar-refractivity contribution in [1.29, 1.82) is 0 Å². The minimum absolute atomic E-state index is 0.121. The van der Waals surface area contributed by atoms with Crippen LogP contribution in [0.5, 0.6) is 0 Å². The van der Waals surface area contributed by atoms with Gasteiger partial charge in [-0.15, -0.1) is 11.3 Å². The summed E-state index contributed by atoms with van der Waals surface area (Å²) in [4.78, 5) is 45.7. The van der Waals surface area contributed by atoms with Crippen molar-refractivity contribution in [3.8, 4) is 11.3 Å². The largest absolute Gasteiger partial charge is 0.459 e. The number of carbonyl (C=O) groups is 3. The summed E-state index contributed by atoms with van der Waals surface area (Å²) in [6.07, 6.45) is -4.79. The zero-order chi connectivity index (χ0) is 38.0. The summed E-state index contributed by atoms with van der Waals surface area (Å²) in [5.41, 5.74) is 3.34. The summed E-state index contributed by atoms with van der Waals surface area (Å²) < 4.78 is 32.2. The van der Waals surface area contributed by atoms with Crippen molar-refractivity contribution >= 4 is 50.3 Å². The zero-order valence-electron chi connectivity index (χ0n) is 29.2. The Morgan fingerprint density at radius 2 is 1.20 bits per heavy atom. The van der Waals surface area contributed by atoms with E-state index >= 15 is 0 Å². The Morgan fingerprint density at radius 3 is 1.78 bits per heavy atom. The van der Waals surface area contributed by atoms with Crippen LogP contribution in [0.25, 0.3) is 11.3 Å². The molecule has 12 heteroatoms. The van der Waals surface area contributed by atoms with E-state index in [1.807, 2.05) is 60.0 Å². The van der Waals surface area contributed by atoms with Crippen molar-refractivity contribution in [1.82, 2.24) is 4.98 Å². The molecule has 1 fully saturated rings. The highest BCUT2D eigenvalue weighted by Gasteiger charge is 2.52. The standard InChI is InChI=1S/C43H35BrN2O8S/c44-33-23-21-29(22-24-33)34-27-55-43(45-34)46-36-38(54-41(49)32-19-11-4-12-20-32)37(53-40(48)31-17-9-3-10-18-31)35(26-50-39(47)30-15-7-2-8-16-30)52-42(36)51-25-28-13-5-1-6-14-28/h1-24,27,35-38,42H,25-26H2,(H,45,46)/t35-,36-,37-,38-,42-/m1/s1. The fourth-order valence-electron chi connectivity index (χ4n) is 5.95. The van der Waals surface area contributed by atoms with Crippen molar-refractivity contribution in [2.24, 2.45) is 0 Å². The first-order valence-electron chi connectivity index (χ1n) is 17.4. The SMILES string of the molecule is O=C(OC[C@H]1O[C@@H](OCc2ccccc2)[C@H](Nc2nc(-c3ccc(Br)cc3)cs2)[C@@H](OC(=O)c2ccccc2)[C@@H]1OC(=O)c1ccccc1)c1ccccc1. The van der Waals surface area contributed by atoms with Crippen molar-refractivity contribution in [2.45, 2.75) is 37.3 Å². The Kier molecular flexibility index (Phi) is 12.4. The van der Waals surface area contributed by atoms with Crippen LogP contribution in [0.3, 0.4) is 0 Å². The average molecular weight is 820 g/mol. The molecule has 0 unspecified atom stereocenters. The van der Waals surface area contributed by atoms with E-state index < -0.39 is 48.6 Å². The average Bonchev–Trinajstić information content (AvgIpc) is 3.71. The summed E-state index contributed by atoms with van der Waals surface area (Å²) >= 11 is 4.82. The number of nitrogens with zero attached hydrogens (tertiary/aromatic N) is 1. The Labute approximate surface area is 330 Å². The molecular formula is C43H35BrN2O8S. The molecule has 5 aromatic carbocycles. The van der Waals surface area contributed by atoms with E-state index in [-0.39, 0.29) is 24.3 Å². The first kappa shape index (κ1) is 37.6. The van der Waals surface area contributed by atoms with Gasteiger partial charge in [0.2, 0.25) is 0 Å². The van der Waals surface area contributed by atoms with Gasteiger partial charge in [0.25, 0.3) is 0 Å². The highest BCUT2D eigenvalue weighted by Crippen LogP contribution is 2.34. The molecule has 2 heterocycles. The number of esters is 3. The second kappa shape index (κ2) is 18.1. The summed E-state index contributed by atoms with van der Waals surface area (Å²) in [6, 6.07) is 41.7. The van der Waals surface area contributed by atoms with Crippen LogP contribution in [0.15, 0.2) is 155 Å². The molecule has 0 amide bonds. The van der Waals surface area contributed by atoms with E-state index in [9.17, 15) is 14.4 Å². The third kappa shape index (κ3) is 9.72. The molecule has 1 saturated heterocycles. The zero-order valence-corrected chi connectivity index (χ0v) is 31.6. The Morgan fingerprint density at radius 1 is 0.673 bits per heavy atom. The van der Waals surface area contributed by atoms with E-state index in [2.05, 4.69) is 21.2 Å². The number of benzene rings is 5. The molecule has 6 aromatic rings. The van der Waals surface area contributed by atoms with Crippen molar-refractivity contribution in [3.63, 3.8) is 0 Å². The first-order chi connectivity index (χ1) is 26.9. The quantitative estimate of drug-likeness (QED) is 0.0896. The van der Waals surface area contributed by atoms with Crippen LogP contribution >= 0.6 is 27.3 Å². The summed E-state index contributed by atoms with van der Waals surface area (Å²) in [5.74, 6) is -1.97. The minimum Gasteiger partial charge on any atom is -0.459 e. The molecule has 0 spiro atoms. The van der Waals surface area contributed by atoms with Crippen molar-refractivity contribution in [3.05, 3.63) is 178 Å². The predicted molar refractivity (Wildman–Crippen MR) is 211 cm³/mol. The first-order valence-corrected chi connectivity index (χ1v) is 19.1. The van der Waals surface area contributed by atoms with Crippen LogP contribution in [-0.4, -0.2) is 60.1 Å². The summed E-state index contributed by atoms with van der Waals surface area (Å²) in [7, 11) is 0. The van der Waals surface area contributed by atoms with Crippen molar-refractivity contribution < 1.29 is 38.1 Å². The Bertz CT molecular complexity index is 2170. The molecule has 1 N–H and O–H groups in total. The molecule has 0 bridgehead atoms. The smallest absolute Gasteiger partial charge is 0.338 e. The second-order valence-electron chi connectivity index (χ2n) is 12.5. The van der Waals surface area contributed by atoms with Gasteiger partial charge in [-0.3, -0.25) is 0 Å². The normalized spacial score (nSPS) is 19.2. The maximum atomic E-state index is 13.9. The van der Waals surface area contributed by atoms with Crippen LogP contribution in [0, 0.1) is 0 Å². The number of rotatable bonds is 13. The maximum Gasteiger partial charge on any atom is 0.338 e. The van der Waals surface area contributed by atoms with E-state index in [0.717, 1.165) is 15.6 Å². The Balaban J connectivity index is 1.27. The van der Waals surface area contributed by atoms with Crippen LogP contribution < -0.4 is 5.32 Å². The van der Waals surface area contributed by atoms with Gasteiger partial charge in [0.05, 0.1) is 29.0 Å². The fraction of sp³-hybridized carbons (Fsp3) is 0.163. The molecule has 5 atom stereocenters. The number of hydrogen-bond donors (Lipinski definition) is 1. The number of hydrogen-bond acceptors (Lipinski definition) is 11. The van der Waals surface area contributed by atoms with E-state index in [1.54, 1.807) is 91.0 Å². The molecular weight excluding hydrogens is 784 g/mol. The third-order valence-electron chi connectivity index (χ3n) is 8.73. The van der Waals surface area contributed by atoms with E-state index in [4.69, 9.17) is 28.7 Å². The molecule has 0 aliphatic carbocycles. The molecule has 7 rings (SSSR count). The van der Waals surface area contributed by atoms with Gasteiger partial charge in [0.15, 0.2) is 23.6 Å². The highest BCUT2D eigenvalue weighted by atomic mass is 79.9. The third-order valence-corrected chi connectivity index (χ3v) is 10.0. The monoisotopic (exact) mass is 818 g/mol. The molecule has 55 heavy (non-hydrogen) atoms. The van der Waals surface area contributed by atoms with Gasteiger partial charge in [0, 0.05) is 15.4 Å². The van der Waals surface area contributed by atoms with Gasteiger partial charge in [-0.2, -0.15) is 0 Å². The van der Waals surface area contributed by atoms with Gasteiger partial charge >= 0.3 is 17.9 Å². The lowest BCUT2D eigenvalue weighted by molar-refractivity contribution is -0.264. The minimum atomic E-state index is -1.29. The molecule has 1 aromatic heterocycles. The van der Waals surface area contributed by atoms with Gasteiger partial charge in [-0.1, -0.05) is 113 Å². The van der Waals surface area contributed by atoms with Crippen LogP contribution in [0.2, 0.25) is 0 Å². The maximum absolute atomic E-state index is 13.9. The van der Waals surface area contributed by atoms with Crippen LogP contribution in [0.1, 0.15) is 36.6 Å². The van der Waals surface area contributed by atoms with Crippen molar-refractivity contribution in [2.75, 3.05) is 11.9 Å². The fourth-order valence-corrected chi connectivity index (χ4v) is 6.98. The lowest BCUT2D eigenvalue weighted by Gasteiger charge is -2.45. The molecule has 0 radical (unpaired) electrons. The molecule has 1 aliphatic rings. The molecule has 10 nitrogen and oxygen atoms in total. The van der Waals surface area contributed by atoms with Gasteiger partial charge in [0.1, 0.15) is 18.8 Å². The number of halogens is 1. The highest BCUT2D eigenvalue weighted by molar-refractivity contribution is 9.10. The topological polar surface area (TPSA) is 122 Å².